The molecule has 0 fully saturated rings. The summed E-state index contributed by atoms with van der Waals surface area (Å²) in [7, 11) is 0. The number of nitrogens with one attached hydrogen (secondary N) is 1. The van der Waals surface area contributed by atoms with E-state index in [2.05, 4.69) is 10.3 Å². The quantitative estimate of drug-likeness (QED) is 0.670. The Morgan fingerprint density at radius 3 is 2.94 bits per heavy atom. The molecule has 0 radical (unpaired) electrons. The highest BCUT2D eigenvalue weighted by molar-refractivity contribution is 5.33. The number of anilines is 1. The molecule has 16 heavy (non-hydrogen) atoms. The number of hydrogen-bond donors (Lipinski definition) is 1. The average molecular weight is 219 g/mol. The summed E-state index contributed by atoms with van der Waals surface area (Å²) < 4.78 is 1.81. The zero-order valence-corrected chi connectivity index (χ0v) is 9.46. The lowest BCUT2D eigenvalue weighted by Gasteiger charge is -2.20. The van der Waals surface area contributed by atoms with Crippen LogP contribution in [0.4, 0.5) is 5.95 Å². The largest absolute Gasteiger partial charge is 0.355 e. The summed E-state index contributed by atoms with van der Waals surface area (Å²) in [4.78, 5) is 16.9. The highest BCUT2D eigenvalue weighted by Gasteiger charge is 2.19. The van der Waals surface area contributed by atoms with E-state index in [1.54, 1.807) is 0 Å². The van der Waals surface area contributed by atoms with Gasteiger partial charge in [0, 0.05) is 18.7 Å². The molecule has 0 saturated carbocycles. The van der Waals surface area contributed by atoms with Gasteiger partial charge in [-0.05, 0) is 32.1 Å². The Morgan fingerprint density at radius 2 is 2.00 bits per heavy atom. The van der Waals surface area contributed by atoms with Gasteiger partial charge in [-0.25, -0.2) is 4.98 Å². The van der Waals surface area contributed by atoms with E-state index in [-0.39, 0.29) is 5.56 Å². The highest BCUT2D eigenvalue weighted by Crippen LogP contribution is 2.19. The van der Waals surface area contributed by atoms with Crippen molar-refractivity contribution in [3.8, 4) is 0 Å². The van der Waals surface area contributed by atoms with Gasteiger partial charge in [0.15, 0.2) is 0 Å². The SMILES string of the molecule is O=c1c2c(nc3n1CCCN3)CCCCC2. The average Bonchev–Trinajstić information content (AvgIpc) is 2.55. The fraction of sp³-hybridized carbons (Fsp3) is 0.667. The van der Waals surface area contributed by atoms with Crippen LogP contribution in [-0.2, 0) is 19.4 Å². The molecule has 3 rings (SSSR count). The highest BCUT2D eigenvalue weighted by atomic mass is 16.1. The van der Waals surface area contributed by atoms with E-state index in [0.717, 1.165) is 56.0 Å². The Hall–Kier alpha value is -1.32. The van der Waals surface area contributed by atoms with Crippen LogP contribution in [0.5, 0.6) is 0 Å². The second-order valence-corrected chi connectivity index (χ2v) is 4.66. The first-order valence-corrected chi connectivity index (χ1v) is 6.23. The Bertz CT molecular complexity index is 464. The molecule has 1 aromatic heterocycles. The summed E-state index contributed by atoms with van der Waals surface area (Å²) in [5.74, 6) is 0.789. The first-order chi connectivity index (χ1) is 7.86. The lowest BCUT2D eigenvalue weighted by atomic mass is 10.1. The van der Waals surface area contributed by atoms with Gasteiger partial charge >= 0.3 is 0 Å². The van der Waals surface area contributed by atoms with Gasteiger partial charge in [-0.3, -0.25) is 9.36 Å². The maximum atomic E-state index is 12.3. The predicted octanol–water partition coefficient (Wildman–Crippen LogP) is 1.33. The normalized spacial score (nSPS) is 19.2. The van der Waals surface area contributed by atoms with E-state index < -0.39 is 0 Å². The summed E-state index contributed by atoms with van der Waals surface area (Å²) in [6.07, 6.45) is 6.44. The summed E-state index contributed by atoms with van der Waals surface area (Å²) in [6.45, 7) is 1.76. The van der Waals surface area contributed by atoms with Crippen LogP contribution in [0, 0.1) is 0 Å². The summed E-state index contributed by atoms with van der Waals surface area (Å²) in [5.41, 5.74) is 2.22. The van der Waals surface area contributed by atoms with Crippen molar-refractivity contribution < 1.29 is 0 Å². The van der Waals surface area contributed by atoms with Gasteiger partial charge in [-0.15, -0.1) is 0 Å². The molecule has 0 unspecified atom stereocenters. The molecule has 0 amide bonds. The standard InChI is InChI=1S/C12H17N3O/c16-11-9-5-2-1-3-6-10(9)14-12-13-7-4-8-15(11)12/h1-8H2,(H,13,14). The van der Waals surface area contributed by atoms with Crippen molar-refractivity contribution in [1.29, 1.82) is 0 Å². The number of fused-ring (bicyclic) bond motifs is 2. The lowest BCUT2D eigenvalue weighted by Crippen LogP contribution is -2.33. The molecular weight excluding hydrogens is 202 g/mol. The Morgan fingerprint density at radius 1 is 1.12 bits per heavy atom. The molecule has 4 heteroatoms. The molecule has 0 atom stereocenters. The van der Waals surface area contributed by atoms with Crippen molar-refractivity contribution in [3.63, 3.8) is 0 Å². The number of hydrogen-bond acceptors (Lipinski definition) is 3. The second-order valence-electron chi connectivity index (χ2n) is 4.66. The molecule has 0 bridgehead atoms. The van der Waals surface area contributed by atoms with Crippen LogP contribution in [0.2, 0.25) is 0 Å². The first-order valence-electron chi connectivity index (χ1n) is 6.23. The first kappa shape index (κ1) is 9.87. The van der Waals surface area contributed by atoms with Gasteiger partial charge in [-0.2, -0.15) is 0 Å². The monoisotopic (exact) mass is 219 g/mol. The van der Waals surface area contributed by atoms with Crippen LogP contribution in [0.15, 0.2) is 4.79 Å². The van der Waals surface area contributed by atoms with Gasteiger partial charge in [0.2, 0.25) is 5.95 Å². The Kier molecular flexibility index (Phi) is 2.42. The van der Waals surface area contributed by atoms with E-state index in [1.165, 1.54) is 12.8 Å². The number of rotatable bonds is 0. The maximum Gasteiger partial charge on any atom is 0.258 e. The summed E-state index contributed by atoms with van der Waals surface area (Å²) >= 11 is 0. The lowest BCUT2D eigenvalue weighted by molar-refractivity contribution is 0.585. The van der Waals surface area contributed by atoms with E-state index in [9.17, 15) is 4.79 Å². The van der Waals surface area contributed by atoms with Crippen molar-refractivity contribution in [3.05, 3.63) is 21.6 Å². The number of aromatic nitrogens is 2. The van der Waals surface area contributed by atoms with E-state index in [1.807, 2.05) is 4.57 Å². The van der Waals surface area contributed by atoms with Gasteiger partial charge in [0.25, 0.3) is 5.56 Å². The van der Waals surface area contributed by atoms with Crippen LogP contribution in [-0.4, -0.2) is 16.1 Å². The molecule has 1 N–H and O–H groups in total. The van der Waals surface area contributed by atoms with Crippen LogP contribution in [0.25, 0.3) is 0 Å². The molecule has 0 spiro atoms. The molecule has 86 valence electrons. The second kappa shape index (κ2) is 3.92. The molecule has 0 aromatic carbocycles. The molecule has 2 aliphatic rings. The molecule has 4 nitrogen and oxygen atoms in total. The van der Waals surface area contributed by atoms with Crippen molar-refractivity contribution in [2.75, 3.05) is 11.9 Å². The number of nitrogens with zero attached hydrogens (tertiary/aromatic N) is 2. The van der Waals surface area contributed by atoms with Crippen molar-refractivity contribution in [1.82, 2.24) is 9.55 Å². The van der Waals surface area contributed by atoms with Gasteiger partial charge < -0.3 is 5.32 Å². The zero-order valence-electron chi connectivity index (χ0n) is 9.46. The molecular formula is C12H17N3O. The summed E-state index contributed by atoms with van der Waals surface area (Å²) in [6, 6.07) is 0. The molecule has 2 heterocycles. The third kappa shape index (κ3) is 1.52. The topological polar surface area (TPSA) is 46.9 Å². The zero-order chi connectivity index (χ0) is 11.0. The van der Waals surface area contributed by atoms with Gasteiger partial charge in [-0.1, -0.05) is 6.42 Å². The van der Waals surface area contributed by atoms with Crippen LogP contribution >= 0.6 is 0 Å². The predicted molar refractivity (Wildman–Crippen MR) is 62.9 cm³/mol. The molecule has 0 saturated heterocycles. The molecule has 1 aromatic rings. The van der Waals surface area contributed by atoms with Crippen LogP contribution in [0.1, 0.15) is 36.9 Å². The van der Waals surface area contributed by atoms with E-state index in [0.29, 0.717) is 0 Å². The third-order valence-electron chi connectivity index (χ3n) is 3.53. The van der Waals surface area contributed by atoms with Crippen molar-refractivity contribution in [2.24, 2.45) is 0 Å². The fourth-order valence-electron chi connectivity index (χ4n) is 2.65. The van der Waals surface area contributed by atoms with E-state index >= 15 is 0 Å². The van der Waals surface area contributed by atoms with Crippen LogP contribution < -0.4 is 10.9 Å². The summed E-state index contributed by atoms with van der Waals surface area (Å²) in [5, 5.41) is 3.23. The Balaban J connectivity index is 2.16. The fourth-order valence-corrected chi connectivity index (χ4v) is 2.65. The van der Waals surface area contributed by atoms with Gasteiger partial charge in [0.05, 0.1) is 5.69 Å². The van der Waals surface area contributed by atoms with Crippen molar-refractivity contribution >= 4 is 5.95 Å². The number of aryl methyl sites for hydroxylation is 1. The van der Waals surface area contributed by atoms with E-state index in [4.69, 9.17) is 0 Å². The smallest absolute Gasteiger partial charge is 0.258 e. The molecule has 1 aliphatic heterocycles. The minimum Gasteiger partial charge on any atom is -0.355 e. The van der Waals surface area contributed by atoms with Crippen molar-refractivity contribution in [2.45, 2.75) is 45.1 Å². The van der Waals surface area contributed by atoms with Gasteiger partial charge in [0.1, 0.15) is 0 Å². The maximum absolute atomic E-state index is 12.3. The minimum absolute atomic E-state index is 0.203. The third-order valence-corrected chi connectivity index (χ3v) is 3.53. The molecule has 1 aliphatic carbocycles. The minimum atomic E-state index is 0.203. The Labute approximate surface area is 94.7 Å². The van der Waals surface area contributed by atoms with Crippen LogP contribution in [0.3, 0.4) is 0 Å².